The number of benzene rings is 2. The average molecular weight is 274 g/mol. The fraction of sp³-hybridized carbons (Fsp3) is 0.0667. The Morgan fingerprint density at radius 1 is 0.850 bits per heavy atom. The van der Waals surface area contributed by atoms with Crippen LogP contribution in [0.25, 0.3) is 12.2 Å². The molecule has 0 aliphatic heterocycles. The number of rotatable bonds is 3. The molecule has 2 aromatic carbocycles. The van der Waals surface area contributed by atoms with Crippen LogP contribution in [0.15, 0.2) is 30.3 Å². The van der Waals surface area contributed by atoms with Gasteiger partial charge in [0.25, 0.3) is 0 Å². The van der Waals surface area contributed by atoms with Gasteiger partial charge in [0.1, 0.15) is 11.5 Å². The lowest BCUT2D eigenvalue weighted by Crippen LogP contribution is -1.85. The van der Waals surface area contributed by atoms with Gasteiger partial charge in [-0.15, -0.1) is 0 Å². The van der Waals surface area contributed by atoms with Gasteiger partial charge in [-0.2, -0.15) is 0 Å². The number of ether oxygens (including phenoxy) is 1. The number of aromatic hydroxyl groups is 4. The van der Waals surface area contributed by atoms with Crippen molar-refractivity contribution in [3.05, 3.63) is 41.5 Å². The zero-order valence-electron chi connectivity index (χ0n) is 10.7. The van der Waals surface area contributed by atoms with Crippen LogP contribution in [0.5, 0.6) is 28.7 Å². The van der Waals surface area contributed by atoms with Crippen molar-refractivity contribution in [2.24, 2.45) is 0 Å². The number of hydrogen-bond acceptors (Lipinski definition) is 5. The van der Waals surface area contributed by atoms with Crippen LogP contribution in [-0.2, 0) is 0 Å². The lowest BCUT2D eigenvalue weighted by Gasteiger charge is -2.07. The quantitative estimate of drug-likeness (QED) is 0.646. The van der Waals surface area contributed by atoms with Crippen LogP contribution in [0, 0.1) is 0 Å². The largest absolute Gasteiger partial charge is 0.507 e. The van der Waals surface area contributed by atoms with E-state index >= 15 is 0 Å². The summed E-state index contributed by atoms with van der Waals surface area (Å²) in [5, 5.41) is 38.6. The highest BCUT2D eigenvalue weighted by Crippen LogP contribution is 2.37. The smallest absolute Gasteiger partial charge is 0.202 e. The maximum Gasteiger partial charge on any atom is 0.202 e. The molecule has 5 nitrogen and oxygen atoms in total. The molecule has 0 saturated carbocycles. The molecule has 0 amide bonds. The molecule has 0 radical (unpaired) electrons. The van der Waals surface area contributed by atoms with E-state index in [0.717, 1.165) is 0 Å². The van der Waals surface area contributed by atoms with Crippen molar-refractivity contribution in [2.75, 3.05) is 7.11 Å². The summed E-state index contributed by atoms with van der Waals surface area (Å²) in [6.45, 7) is 0. The Morgan fingerprint density at radius 3 is 1.90 bits per heavy atom. The van der Waals surface area contributed by atoms with E-state index in [9.17, 15) is 20.4 Å². The summed E-state index contributed by atoms with van der Waals surface area (Å²) in [6.07, 6.45) is 3.01. The van der Waals surface area contributed by atoms with E-state index in [0.29, 0.717) is 5.56 Å². The molecule has 5 heteroatoms. The molecule has 0 spiro atoms. The molecule has 4 N–H and O–H groups in total. The minimum absolute atomic E-state index is 0.00689. The normalized spacial score (nSPS) is 10.8. The van der Waals surface area contributed by atoms with Gasteiger partial charge in [-0.1, -0.05) is 12.1 Å². The van der Waals surface area contributed by atoms with Gasteiger partial charge in [-0.3, -0.25) is 0 Å². The minimum atomic E-state index is -0.200. The van der Waals surface area contributed by atoms with Crippen LogP contribution >= 0.6 is 0 Å². The van der Waals surface area contributed by atoms with Crippen molar-refractivity contribution < 1.29 is 25.2 Å². The molecule has 2 rings (SSSR count). The second-order valence-electron chi connectivity index (χ2n) is 4.14. The fourth-order valence-electron chi connectivity index (χ4n) is 1.82. The molecule has 104 valence electrons. The molecule has 0 aliphatic carbocycles. The molecule has 0 atom stereocenters. The Labute approximate surface area is 115 Å². The molecular formula is C15H14O5. The number of phenols is 4. The highest BCUT2D eigenvalue weighted by molar-refractivity contribution is 5.77. The summed E-state index contributed by atoms with van der Waals surface area (Å²) in [6, 6.07) is 7.20. The second-order valence-corrected chi connectivity index (χ2v) is 4.14. The summed E-state index contributed by atoms with van der Waals surface area (Å²) in [5.74, 6) is -0.540. The molecule has 0 unspecified atom stereocenters. The third kappa shape index (κ3) is 2.61. The summed E-state index contributed by atoms with van der Waals surface area (Å²) in [5.41, 5.74) is 0.741. The SMILES string of the molecule is COc1c(O)cc(/C=C/c2c(O)cccc2O)cc1O. The topological polar surface area (TPSA) is 90.2 Å². The monoisotopic (exact) mass is 274 g/mol. The predicted molar refractivity (Wildman–Crippen MR) is 75.0 cm³/mol. The summed E-state index contributed by atoms with van der Waals surface area (Å²) in [4.78, 5) is 0. The Kier molecular flexibility index (Phi) is 3.70. The lowest BCUT2D eigenvalue weighted by molar-refractivity contribution is 0.344. The first-order valence-corrected chi connectivity index (χ1v) is 5.82. The zero-order valence-corrected chi connectivity index (χ0v) is 10.7. The van der Waals surface area contributed by atoms with Crippen LogP contribution in [0.3, 0.4) is 0 Å². The van der Waals surface area contributed by atoms with E-state index in [4.69, 9.17) is 4.74 Å². The Bertz CT molecular complexity index is 618. The number of methoxy groups -OCH3 is 1. The van der Waals surface area contributed by atoms with Gasteiger partial charge in [0, 0.05) is 0 Å². The van der Waals surface area contributed by atoms with Crippen LogP contribution < -0.4 is 4.74 Å². The van der Waals surface area contributed by atoms with E-state index < -0.39 is 0 Å². The first kappa shape index (κ1) is 13.6. The van der Waals surface area contributed by atoms with Crippen LogP contribution in [0.4, 0.5) is 0 Å². The van der Waals surface area contributed by atoms with Crippen molar-refractivity contribution in [3.63, 3.8) is 0 Å². The van der Waals surface area contributed by atoms with Crippen molar-refractivity contribution in [1.82, 2.24) is 0 Å². The highest BCUT2D eigenvalue weighted by atomic mass is 16.5. The maximum absolute atomic E-state index is 9.66. The molecule has 0 aliphatic rings. The molecule has 0 heterocycles. The van der Waals surface area contributed by atoms with E-state index in [2.05, 4.69) is 0 Å². The van der Waals surface area contributed by atoms with Crippen LogP contribution in [0.2, 0.25) is 0 Å². The highest BCUT2D eigenvalue weighted by Gasteiger charge is 2.09. The summed E-state index contributed by atoms with van der Waals surface area (Å²) < 4.78 is 4.83. The number of phenolic OH excluding ortho intramolecular Hbond substituents is 4. The van der Waals surface area contributed by atoms with Gasteiger partial charge in [-0.05, 0) is 35.9 Å². The summed E-state index contributed by atoms with van der Waals surface area (Å²) in [7, 11) is 1.34. The molecule has 0 bridgehead atoms. The zero-order chi connectivity index (χ0) is 14.7. The molecular weight excluding hydrogens is 260 g/mol. The molecule has 2 aromatic rings. The van der Waals surface area contributed by atoms with Crippen LogP contribution in [0.1, 0.15) is 11.1 Å². The van der Waals surface area contributed by atoms with Crippen molar-refractivity contribution in [3.8, 4) is 28.7 Å². The van der Waals surface area contributed by atoms with Crippen molar-refractivity contribution in [1.29, 1.82) is 0 Å². The van der Waals surface area contributed by atoms with Gasteiger partial charge >= 0.3 is 0 Å². The fourth-order valence-corrected chi connectivity index (χ4v) is 1.82. The molecule has 20 heavy (non-hydrogen) atoms. The van der Waals surface area contributed by atoms with Gasteiger partial charge < -0.3 is 25.2 Å². The third-order valence-electron chi connectivity index (χ3n) is 2.78. The van der Waals surface area contributed by atoms with Gasteiger partial charge in [0.15, 0.2) is 11.5 Å². The standard InChI is InChI=1S/C15H14O5/c1-20-15-13(18)7-9(8-14(15)19)5-6-10-11(16)3-2-4-12(10)17/h2-8,16-19H,1H3/b6-5+. The van der Waals surface area contributed by atoms with E-state index in [1.807, 2.05) is 0 Å². The Morgan fingerprint density at radius 2 is 1.40 bits per heavy atom. The lowest BCUT2D eigenvalue weighted by atomic mass is 10.1. The minimum Gasteiger partial charge on any atom is -0.507 e. The first-order valence-electron chi connectivity index (χ1n) is 5.82. The first-order chi connectivity index (χ1) is 9.52. The molecule has 0 saturated heterocycles. The average Bonchev–Trinajstić information content (AvgIpc) is 2.38. The van der Waals surface area contributed by atoms with Crippen LogP contribution in [-0.4, -0.2) is 27.5 Å². The van der Waals surface area contributed by atoms with Gasteiger partial charge in [0.05, 0.1) is 12.7 Å². The van der Waals surface area contributed by atoms with Gasteiger partial charge in [0.2, 0.25) is 5.75 Å². The molecule has 0 fully saturated rings. The van der Waals surface area contributed by atoms with Crippen molar-refractivity contribution in [2.45, 2.75) is 0 Å². The van der Waals surface area contributed by atoms with E-state index in [1.165, 1.54) is 49.6 Å². The predicted octanol–water partition coefficient (Wildman–Crippen LogP) is 2.69. The van der Waals surface area contributed by atoms with Gasteiger partial charge in [-0.25, -0.2) is 0 Å². The molecule has 0 aromatic heterocycles. The Balaban J connectivity index is 2.37. The van der Waals surface area contributed by atoms with Crippen molar-refractivity contribution >= 4 is 12.2 Å². The maximum atomic E-state index is 9.66. The van der Waals surface area contributed by atoms with E-state index in [1.54, 1.807) is 0 Å². The Hall–Kier alpha value is -2.82. The third-order valence-corrected chi connectivity index (χ3v) is 2.78. The number of hydrogen-bond donors (Lipinski definition) is 4. The summed E-state index contributed by atoms with van der Waals surface area (Å²) >= 11 is 0. The second kappa shape index (κ2) is 5.44. The van der Waals surface area contributed by atoms with E-state index in [-0.39, 0.29) is 34.3 Å².